The predicted octanol–water partition coefficient (Wildman–Crippen LogP) is 4.73. The van der Waals surface area contributed by atoms with E-state index in [4.69, 9.17) is 4.74 Å². The number of benzene rings is 1. The molecule has 1 aromatic carbocycles. The van der Waals surface area contributed by atoms with Gasteiger partial charge in [0.2, 0.25) is 16.0 Å². The van der Waals surface area contributed by atoms with Crippen LogP contribution in [0.1, 0.15) is 57.6 Å². The van der Waals surface area contributed by atoms with Gasteiger partial charge in [-0.25, -0.2) is 32.7 Å². The summed E-state index contributed by atoms with van der Waals surface area (Å²) in [6.07, 6.45) is 12.5. The van der Waals surface area contributed by atoms with E-state index in [1.54, 1.807) is 24.5 Å². The van der Waals surface area contributed by atoms with Crippen molar-refractivity contribution in [3.8, 4) is 22.8 Å². The zero-order valence-electron chi connectivity index (χ0n) is 28.9. The van der Waals surface area contributed by atoms with Gasteiger partial charge in [-0.1, -0.05) is 13.8 Å². The molecule has 4 aliphatic rings. The summed E-state index contributed by atoms with van der Waals surface area (Å²) < 4.78 is 46.5. The molecule has 8 rings (SSSR count). The quantitative estimate of drug-likeness (QED) is 0.207. The zero-order chi connectivity index (χ0) is 35.3. The van der Waals surface area contributed by atoms with Crippen molar-refractivity contribution < 1.29 is 17.5 Å². The number of ether oxygens (including phenoxy) is 1. The summed E-state index contributed by atoms with van der Waals surface area (Å²) in [5.41, 5.74) is 2.41. The van der Waals surface area contributed by atoms with Crippen LogP contribution in [-0.2, 0) is 10.0 Å². The van der Waals surface area contributed by atoms with Gasteiger partial charge in [0.1, 0.15) is 30.0 Å². The first kappa shape index (κ1) is 33.6. The highest BCUT2D eigenvalue weighted by molar-refractivity contribution is 7.92. The molecule has 5 heterocycles. The highest BCUT2D eigenvalue weighted by Crippen LogP contribution is 2.49. The van der Waals surface area contributed by atoms with E-state index in [2.05, 4.69) is 68.8 Å². The Hall–Kier alpha value is -4.57. The van der Waals surface area contributed by atoms with Crippen molar-refractivity contribution in [2.45, 2.75) is 64.0 Å². The Morgan fingerprint density at radius 3 is 2.63 bits per heavy atom. The van der Waals surface area contributed by atoms with Crippen molar-refractivity contribution in [1.82, 2.24) is 40.0 Å². The van der Waals surface area contributed by atoms with E-state index in [9.17, 15) is 12.8 Å². The van der Waals surface area contributed by atoms with Crippen molar-refractivity contribution >= 4 is 27.6 Å². The van der Waals surface area contributed by atoms with Crippen LogP contribution in [0.25, 0.3) is 11.1 Å². The molecule has 1 atom stereocenters. The summed E-state index contributed by atoms with van der Waals surface area (Å²) >= 11 is 0. The lowest BCUT2D eigenvalue weighted by Gasteiger charge is -2.57. The molecule has 4 aromatic rings. The number of halogens is 1. The van der Waals surface area contributed by atoms with Gasteiger partial charge in [-0.3, -0.25) is 9.62 Å². The number of aromatic nitrogens is 7. The maximum atomic E-state index is 14.6. The minimum Gasteiger partial charge on any atom is -0.434 e. The molecular formula is C35H42FN11O3S. The minimum absolute atomic E-state index is 0.0660. The highest BCUT2D eigenvalue weighted by Gasteiger charge is 2.53. The Bertz CT molecular complexity index is 2020. The molecule has 0 radical (unpaired) electrons. The number of hydrogen-bond donors (Lipinski definition) is 2. The molecule has 268 valence electrons. The van der Waals surface area contributed by atoms with Gasteiger partial charge in [-0.05, 0) is 68.2 Å². The summed E-state index contributed by atoms with van der Waals surface area (Å²) in [6.45, 7) is 8.31. The second-order valence-electron chi connectivity index (χ2n) is 15.0. The SMILES string of the molecule is CC(C)[C@H](C1CC(Nc2ccnc(NS(C)(=O)=O)n2)C1)N1CC2(CCN(c3ncnnc3Oc3ccc(F)cc3-c3cncnc3C3CC3)C2)C1. The normalized spacial score (nSPS) is 22.0. The molecule has 2 aliphatic carbocycles. The van der Waals surface area contributed by atoms with E-state index < -0.39 is 10.0 Å². The van der Waals surface area contributed by atoms with E-state index in [-0.39, 0.29) is 23.2 Å². The number of likely N-dealkylation sites (tertiary alicyclic amines) is 1. The molecular weight excluding hydrogens is 674 g/mol. The minimum atomic E-state index is -3.45. The largest absolute Gasteiger partial charge is 0.434 e. The third kappa shape index (κ3) is 7.16. The van der Waals surface area contributed by atoms with Gasteiger partial charge >= 0.3 is 0 Å². The lowest BCUT2D eigenvalue weighted by atomic mass is 9.68. The summed E-state index contributed by atoms with van der Waals surface area (Å²) in [7, 11) is -3.45. The van der Waals surface area contributed by atoms with Gasteiger partial charge in [0.15, 0.2) is 5.82 Å². The van der Waals surface area contributed by atoms with Gasteiger partial charge in [0, 0.05) is 73.1 Å². The predicted molar refractivity (Wildman–Crippen MR) is 189 cm³/mol. The molecule has 2 saturated carbocycles. The number of nitrogens with zero attached hydrogens (tertiary/aromatic N) is 9. The van der Waals surface area contributed by atoms with Crippen LogP contribution in [0.2, 0.25) is 0 Å². The number of nitrogens with one attached hydrogen (secondary N) is 2. The van der Waals surface area contributed by atoms with Crippen LogP contribution >= 0.6 is 0 Å². The first-order valence-electron chi connectivity index (χ1n) is 17.5. The van der Waals surface area contributed by atoms with E-state index in [1.165, 1.54) is 24.8 Å². The average Bonchev–Trinajstić information content (AvgIpc) is 3.81. The van der Waals surface area contributed by atoms with Gasteiger partial charge in [-0.2, -0.15) is 4.98 Å². The van der Waals surface area contributed by atoms with Crippen LogP contribution in [0.5, 0.6) is 11.6 Å². The molecule has 14 nitrogen and oxygen atoms in total. The second-order valence-corrected chi connectivity index (χ2v) is 16.7. The van der Waals surface area contributed by atoms with Gasteiger partial charge in [-0.15, -0.1) is 10.2 Å². The molecule has 3 aromatic heterocycles. The Morgan fingerprint density at radius 2 is 1.86 bits per heavy atom. The number of hydrogen-bond acceptors (Lipinski definition) is 13. The Morgan fingerprint density at radius 1 is 1.04 bits per heavy atom. The Kier molecular flexibility index (Phi) is 8.69. The molecule has 1 spiro atoms. The molecule has 0 unspecified atom stereocenters. The molecule has 4 fully saturated rings. The second kappa shape index (κ2) is 13.2. The van der Waals surface area contributed by atoms with Crippen molar-refractivity contribution in [3.63, 3.8) is 0 Å². The fourth-order valence-corrected chi connectivity index (χ4v) is 8.69. The van der Waals surface area contributed by atoms with Crippen LogP contribution in [0, 0.1) is 23.1 Å². The van der Waals surface area contributed by atoms with Crippen LogP contribution < -0.4 is 19.7 Å². The molecule has 0 amide bonds. The zero-order valence-corrected chi connectivity index (χ0v) is 29.7. The first-order valence-corrected chi connectivity index (χ1v) is 19.4. The van der Waals surface area contributed by atoms with Gasteiger partial charge < -0.3 is 15.0 Å². The molecule has 2 N–H and O–H groups in total. The fourth-order valence-electron chi connectivity index (χ4n) is 8.26. The van der Waals surface area contributed by atoms with Crippen molar-refractivity contribution in [2.75, 3.05) is 47.4 Å². The number of anilines is 3. The standard InChI is InChI=1S/C35H42FN11O3S/c1-21(2)31(23-12-25(13-23)42-29-8-10-38-34(43-29)45-51(3,48)49)47-17-35(18-47)9-11-46(16-35)32-33(44-41-20-40-32)50-28-7-6-24(36)14-26(28)27-15-37-19-39-30(27)22-4-5-22/h6-8,10,14-15,19-23,25,31H,4-5,9,11-13,16-18H2,1-3H3,(H2,38,42,43,45)/t23?,25?,31-/m1/s1. The lowest BCUT2D eigenvalue weighted by molar-refractivity contribution is -0.0656. The van der Waals surface area contributed by atoms with Crippen molar-refractivity contribution in [2.24, 2.45) is 17.3 Å². The third-order valence-corrected chi connectivity index (χ3v) is 11.1. The van der Waals surface area contributed by atoms with Crippen LogP contribution in [-0.4, -0.2) is 93.0 Å². The third-order valence-electron chi connectivity index (χ3n) is 10.6. The van der Waals surface area contributed by atoms with E-state index in [0.29, 0.717) is 52.6 Å². The van der Waals surface area contributed by atoms with Gasteiger partial charge in [0.05, 0.1) is 11.9 Å². The summed E-state index contributed by atoms with van der Waals surface area (Å²) in [6, 6.07) is 6.97. The first-order chi connectivity index (χ1) is 24.5. The number of sulfonamides is 1. The average molecular weight is 716 g/mol. The summed E-state index contributed by atoms with van der Waals surface area (Å²) in [5, 5.41) is 11.8. The van der Waals surface area contributed by atoms with Crippen molar-refractivity contribution in [1.29, 1.82) is 0 Å². The molecule has 51 heavy (non-hydrogen) atoms. The maximum Gasteiger partial charge on any atom is 0.282 e. The molecule has 0 bridgehead atoms. The molecule has 16 heteroatoms. The van der Waals surface area contributed by atoms with E-state index in [0.717, 1.165) is 75.8 Å². The van der Waals surface area contributed by atoms with E-state index in [1.807, 2.05) is 0 Å². The molecule has 2 saturated heterocycles. The van der Waals surface area contributed by atoms with Crippen LogP contribution in [0.3, 0.4) is 0 Å². The van der Waals surface area contributed by atoms with Gasteiger partial charge in [0.25, 0.3) is 5.88 Å². The monoisotopic (exact) mass is 715 g/mol. The summed E-state index contributed by atoms with van der Waals surface area (Å²) in [5.74, 6) is 3.10. The molecule has 2 aliphatic heterocycles. The topological polar surface area (TPSA) is 164 Å². The highest BCUT2D eigenvalue weighted by atomic mass is 32.2. The maximum absolute atomic E-state index is 14.6. The van der Waals surface area contributed by atoms with Crippen LogP contribution in [0.15, 0.2) is 49.3 Å². The summed E-state index contributed by atoms with van der Waals surface area (Å²) in [4.78, 5) is 26.6. The fraction of sp³-hybridized carbons (Fsp3) is 0.514. The smallest absolute Gasteiger partial charge is 0.282 e. The van der Waals surface area contributed by atoms with E-state index >= 15 is 0 Å². The Labute approximate surface area is 296 Å². The Balaban J connectivity index is 0.912. The van der Waals surface area contributed by atoms with Crippen molar-refractivity contribution in [3.05, 3.63) is 60.8 Å². The number of rotatable bonds is 12. The van der Waals surface area contributed by atoms with Crippen LogP contribution in [0.4, 0.5) is 22.0 Å². The lowest BCUT2D eigenvalue weighted by Crippen LogP contribution is -2.65.